The van der Waals surface area contributed by atoms with Crippen molar-refractivity contribution in [3.8, 4) is 0 Å². The zero-order chi connectivity index (χ0) is 17.2. The van der Waals surface area contributed by atoms with Crippen LogP contribution in [0.15, 0.2) is 41.8 Å². The third-order valence-corrected chi connectivity index (χ3v) is 5.17. The topological polar surface area (TPSA) is 106 Å². The molecule has 0 bridgehead atoms. The highest BCUT2D eigenvalue weighted by Crippen LogP contribution is 2.28. The number of carbonyl (C=O) groups excluding carboxylic acids is 1. The van der Waals surface area contributed by atoms with Gasteiger partial charge in [-0.15, -0.1) is 24.8 Å². The second kappa shape index (κ2) is 8.81. The molecular weight excluding hydrogens is 401 g/mol. The van der Waals surface area contributed by atoms with Crippen molar-refractivity contribution in [1.82, 2.24) is 20.1 Å². The van der Waals surface area contributed by atoms with Crippen molar-refractivity contribution in [2.45, 2.75) is 23.4 Å². The molecule has 144 valence electrons. The summed E-state index contributed by atoms with van der Waals surface area (Å²) in [4.78, 5) is 16.8. The fourth-order valence-electron chi connectivity index (χ4n) is 2.84. The number of nitrogens with zero attached hydrogens (tertiary/aromatic N) is 3. The number of pyridine rings is 1. The quantitative estimate of drug-likeness (QED) is 0.768. The lowest BCUT2D eigenvalue weighted by Crippen LogP contribution is -2.52. The van der Waals surface area contributed by atoms with Gasteiger partial charge in [0.25, 0.3) is 5.91 Å². The number of hydrogen-bond donors (Lipinski definition) is 2. The van der Waals surface area contributed by atoms with Gasteiger partial charge in [0.05, 0.1) is 11.9 Å². The van der Waals surface area contributed by atoms with Gasteiger partial charge < -0.3 is 10.6 Å². The fraction of sp³-hybridized carbons (Fsp3) is 0.400. The van der Waals surface area contributed by atoms with Crippen LogP contribution in [-0.4, -0.2) is 48.4 Å². The van der Waals surface area contributed by atoms with Gasteiger partial charge in [-0.2, -0.15) is 5.10 Å². The normalized spacial score (nSPS) is 16.0. The standard InChI is InChI=1S/C15H19N5O3S.2ClH/c1-24(22,23)13-4-3-12(11-17-13)19-14(21)15(5-8-16-9-6-15)20-10-2-7-18-20;;/h2-4,7,10-11,16H,5-6,8-9H2,1H3,(H,19,21);2*1H. The molecule has 3 rings (SSSR count). The number of carbonyl (C=O) groups is 1. The molecule has 0 spiro atoms. The van der Waals surface area contributed by atoms with E-state index in [4.69, 9.17) is 0 Å². The van der Waals surface area contributed by atoms with Gasteiger partial charge in [0.2, 0.25) is 0 Å². The smallest absolute Gasteiger partial charge is 0.252 e. The van der Waals surface area contributed by atoms with Crippen LogP contribution in [0.5, 0.6) is 0 Å². The highest BCUT2D eigenvalue weighted by Gasteiger charge is 2.42. The van der Waals surface area contributed by atoms with Gasteiger partial charge in [-0.3, -0.25) is 9.48 Å². The number of anilines is 1. The van der Waals surface area contributed by atoms with E-state index in [0.717, 1.165) is 19.3 Å². The lowest BCUT2D eigenvalue weighted by Gasteiger charge is -2.36. The minimum Gasteiger partial charge on any atom is -0.323 e. The van der Waals surface area contributed by atoms with Crippen LogP contribution in [0.3, 0.4) is 0 Å². The predicted octanol–water partition coefficient (Wildman–Crippen LogP) is 1.24. The van der Waals surface area contributed by atoms with Crippen molar-refractivity contribution in [3.63, 3.8) is 0 Å². The van der Waals surface area contributed by atoms with E-state index in [-0.39, 0.29) is 35.7 Å². The Labute approximate surface area is 164 Å². The Kier molecular flexibility index (Phi) is 7.57. The van der Waals surface area contributed by atoms with Crippen LogP contribution in [0.4, 0.5) is 5.69 Å². The second-order valence-corrected chi connectivity index (χ2v) is 7.81. The molecule has 0 aromatic carbocycles. The van der Waals surface area contributed by atoms with Crippen molar-refractivity contribution in [2.24, 2.45) is 0 Å². The van der Waals surface area contributed by atoms with Crippen LogP contribution in [0.2, 0.25) is 0 Å². The van der Waals surface area contributed by atoms with Crippen molar-refractivity contribution < 1.29 is 13.2 Å². The number of sulfone groups is 1. The van der Waals surface area contributed by atoms with Crippen LogP contribution in [-0.2, 0) is 20.2 Å². The van der Waals surface area contributed by atoms with E-state index in [1.807, 2.05) is 0 Å². The first-order valence-electron chi connectivity index (χ1n) is 7.60. The number of halogens is 2. The molecule has 1 fully saturated rings. The van der Waals surface area contributed by atoms with E-state index in [1.54, 1.807) is 29.2 Å². The van der Waals surface area contributed by atoms with Gasteiger partial charge in [-0.25, -0.2) is 13.4 Å². The van der Waals surface area contributed by atoms with Crippen molar-refractivity contribution >= 4 is 46.2 Å². The molecule has 0 radical (unpaired) electrons. The van der Waals surface area contributed by atoms with Gasteiger partial charge in [0, 0.05) is 18.6 Å². The largest absolute Gasteiger partial charge is 0.323 e. The third-order valence-electron chi connectivity index (χ3n) is 4.17. The van der Waals surface area contributed by atoms with Gasteiger partial charge in [-0.05, 0) is 44.1 Å². The molecule has 2 aromatic rings. The van der Waals surface area contributed by atoms with E-state index in [1.165, 1.54) is 12.3 Å². The first kappa shape index (κ1) is 22.4. The fourth-order valence-corrected chi connectivity index (χ4v) is 3.40. The SMILES string of the molecule is CS(=O)(=O)c1ccc(NC(=O)C2(n3cccn3)CCNCC2)cn1.Cl.Cl. The van der Waals surface area contributed by atoms with Crippen LogP contribution in [0, 0.1) is 0 Å². The summed E-state index contributed by atoms with van der Waals surface area (Å²) in [6.45, 7) is 1.44. The summed E-state index contributed by atoms with van der Waals surface area (Å²) < 4.78 is 24.6. The maximum Gasteiger partial charge on any atom is 0.252 e. The number of aromatic nitrogens is 3. The molecular formula is C15H21Cl2N5O3S. The predicted molar refractivity (Wildman–Crippen MR) is 103 cm³/mol. The molecule has 0 saturated carbocycles. The van der Waals surface area contributed by atoms with E-state index in [0.29, 0.717) is 18.5 Å². The molecule has 1 amide bonds. The number of amides is 1. The zero-order valence-corrected chi connectivity index (χ0v) is 16.5. The van der Waals surface area contributed by atoms with Crippen molar-refractivity contribution in [1.29, 1.82) is 0 Å². The minimum absolute atomic E-state index is 0. The molecule has 2 N–H and O–H groups in total. The third kappa shape index (κ3) is 4.53. The Balaban J connectivity index is 0.00000169. The molecule has 2 aromatic heterocycles. The molecule has 1 saturated heterocycles. The highest BCUT2D eigenvalue weighted by atomic mass is 35.5. The number of nitrogens with one attached hydrogen (secondary N) is 2. The summed E-state index contributed by atoms with van der Waals surface area (Å²) >= 11 is 0. The molecule has 0 aliphatic carbocycles. The average Bonchev–Trinajstić information content (AvgIpc) is 3.10. The molecule has 0 unspecified atom stereocenters. The maximum atomic E-state index is 12.9. The molecule has 1 aliphatic rings. The van der Waals surface area contributed by atoms with Crippen molar-refractivity contribution in [3.05, 3.63) is 36.8 Å². The van der Waals surface area contributed by atoms with E-state index in [9.17, 15) is 13.2 Å². The second-order valence-electron chi connectivity index (χ2n) is 5.84. The monoisotopic (exact) mass is 421 g/mol. The van der Waals surface area contributed by atoms with Crippen LogP contribution >= 0.6 is 24.8 Å². The maximum absolute atomic E-state index is 12.9. The van der Waals surface area contributed by atoms with Gasteiger partial charge in [-0.1, -0.05) is 0 Å². The Bertz CT molecular complexity index is 819. The Morgan fingerprint density at radius 2 is 1.96 bits per heavy atom. The van der Waals surface area contributed by atoms with Gasteiger partial charge >= 0.3 is 0 Å². The molecule has 11 heteroatoms. The van der Waals surface area contributed by atoms with Gasteiger partial charge in [0.15, 0.2) is 14.9 Å². The Hall–Kier alpha value is -1.68. The number of rotatable bonds is 4. The van der Waals surface area contributed by atoms with Gasteiger partial charge in [0.1, 0.15) is 5.54 Å². The van der Waals surface area contributed by atoms with E-state index >= 15 is 0 Å². The molecule has 3 heterocycles. The lowest BCUT2D eigenvalue weighted by atomic mass is 9.87. The summed E-state index contributed by atoms with van der Waals surface area (Å²) in [5.41, 5.74) is -0.304. The first-order valence-corrected chi connectivity index (χ1v) is 9.49. The Morgan fingerprint density at radius 3 is 2.46 bits per heavy atom. The van der Waals surface area contributed by atoms with Crippen LogP contribution in [0.25, 0.3) is 0 Å². The average molecular weight is 422 g/mol. The molecule has 26 heavy (non-hydrogen) atoms. The molecule has 8 nitrogen and oxygen atoms in total. The van der Waals surface area contributed by atoms with Crippen LogP contribution in [0.1, 0.15) is 12.8 Å². The summed E-state index contributed by atoms with van der Waals surface area (Å²) in [6.07, 6.45) is 7.13. The minimum atomic E-state index is -3.36. The van der Waals surface area contributed by atoms with Crippen LogP contribution < -0.4 is 10.6 Å². The molecule has 1 aliphatic heterocycles. The number of hydrogen-bond acceptors (Lipinski definition) is 6. The van der Waals surface area contributed by atoms with Crippen molar-refractivity contribution in [2.75, 3.05) is 24.7 Å². The first-order chi connectivity index (χ1) is 11.4. The van der Waals surface area contributed by atoms with E-state index < -0.39 is 15.4 Å². The zero-order valence-electron chi connectivity index (χ0n) is 14.1. The van der Waals surface area contributed by atoms with E-state index in [2.05, 4.69) is 20.7 Å². The summed E-state index contributed by atoms with van der Waals surface area (Å²) in [5, 5.41) is 10.3. The number of piperidine rings is 1. The molecule has 0 atom stereocenters. The summed E-state index contributed by atoms with van der Waals surface area (Å²) in [7, 11) is -3.36. The summed E-state index contributed by atoms with van der Waals surface area (Å²) in [6, 6.07) is 4.71. The Morgan fingerprint density at radius 1 is 1.27 bits per heavy atom. The highest BCUT2D eigenvalue weighted by molar-refractivity contribution is 7.90. The lowest BCUT2D eigenvalue weighted by molar-refractivity contribution is -0.126. The summed E-state index contributed by atoms with van der Waals surface area (Å²) in [5.74, 6) is -0.179.